The normalized spacial score (nSPS) is 26.6. The van der Waals surface area contributed by atoms with Crippen LogP contribution in [0.5, 0.6) is 0 Å². The standard InChI is InChI=1S/C22H27N5O3/c28-20-8-16(7-19(20)27-6-5-14-3-1-2-4-15(14)10-27)26-22(29)18-9-21(24-13-23-18)25-17-11-30-12-17/h1-4,9,13,16-17,19-20,28H,5-8,10-12H2,(H,26,29)(H,23,24,25)/t16-,19-,20-/m1/s1. The van der Waals surface area contributed by atoms with Crippen molar-refractivity contribution in [3.8, 4) is 0 Å². The topological polar surface area (TPSA) is 99.6 Å². The second kappa shape index (κ2) is 8.29. The quantitative estimate of drug-likeness (QED) is 0.677. The first-order chi connectivity index (χ1) is 14.7. The van der Waals surface area contributed by atoms with Crippen LogP contribution in [0.25, 0.3) is 0 Å². The predicted octanol–water partition coefficient (Wildman–Crippen LogP) is 0.967. The zero-order chi connectivity index (χ0) is 20.5. The average molecular weight is 409 g/mol. The van der Waals surface area contributed by atoms with Crippen molar-refractivity contribution in [2.24, 2.45) is 0 Å². The molecule has 0 bridgehead atoms. The summed E-state index contributed by atoms with van der Waals surface area (Å²) < 4.78 is 5.15. The van der Waals surface area contributed by atoms with Gasteiger partial charge in [-0.25, -0.2) is 9.97 Å². The van der Waals surface area contributed by atoms with E-state index in [0.29, 0.717) is 31.1 Å². The third-order valence-corrected chi connectivity index (χ3v) is 6.35. The molecule has 5 rings (SSSR count). The molecule has 3 N–H and O–H groups in total. The van der Waals surface area contributed by atoms with Gasteiger partial charge in [-0.1, -0.05) is 24.3 Å². The van der Waals surface area contributed by atoms with E-state index in [4.69, 9.17) is 4.74 Å². The van der Waals surface area contributed by atoms with Crippen LogP contribution in [0.2, 0.25) is 0 Å². The Kier molecular flexibility index (Phi) is 5.37. The molecule has 1 aromatic heterocycles. The van der Waals surface area contributed by atoms with Crippen LogP contribution < -0.4 is 10.6 Å². The van der Waals surface area contributed by atoms with E-state index >= 15 is 0 Å². The number of fused-ring (bicyclic) bond motifs is 1. The number of anilines is 1. The molecule has 0 unspecified atom stereocenters. The van der Waals surface area contributed by atoms with Gasteiger partial charge in [-0.15, -0.1) is 0 Å². The van der Waals surface area contributed by atoms with Crippen LogP contribution in [0.15, 0.2) is 36.7 Å². The third-order valence-electron chi connectivity index (χ3n) is 6.35. The summed E-state index contributed by atoms with van der Waals surface area (Å²) >= 11 is 0. The maximum absolute atomic E-state index is 12.7. The lowest BCUT2D eigenvalue weighted by Crippen LogP contribution is -2.43. The number of carbonyl (C=O) groups excluding carboxylic acids is 1. The second-order valence-corrected chi connectivity index (χ2v) is 8.43. The molecule has 1 aliphatic carbocycles. The lowest BCUT2D eigenvalue weighted by Gasteiger charge is -2.35. The van der Waals surface area contributed by atoms with Crippen LogP contribution in [0.3, 0.4) is 0 Å². The van der Waals surface area contributed by atoms with E-state index in [2.05, 4.69) is 49.8 Å². The fraction of sp³-hybridized carbons (Fsp3) is 0.500. The molecule has 1 saturated carbocycles. The van der Waals surface area contributed by atoms with E-state index in [1.165, 1.54) is 17.5 Å². The molecule has 2 fully saturated rings. The summed E-state index contributed by atoms with van der Waals surface area (Å²) in [4.78, 5) is 23.4. The number of benzene rings is 1. The van der Waals surface area contributed by atoms with E-state index in [1.54, 1.807) is 6.07 Å². The van der Waals surface area contributed by atoms with Gasteiger partial charge in [0.05, 0.1) is 25.4 Å². The number of nitrogens with one attached hydrogen (secondary N) is 2. The van der Waals surface area contributed by atoms with Crippen LogP contribution in [0.4, 0.5) is 5.82 Å². The number of ether oxygens (including phenoxy) is 1. The van der Waals surface area contributed by atoms with E-state index < -0.39 is 6.10 Å². The van der Waals surface area contributed by atoms with Gasteiger partial charge in [0.2, 0.25) is 0 Å². The molecule has 1 aromatic carbocycles. The third kappa shape index (κ3) is 4.03. The summed E-state index contributed by atoms with van der Waals surface area (Å²) in [6.45, 7) is 3.08. The highest BCUT2D eigenvalue weighted by atomic mass is 16.5. The van der Waals surface area contributed by atoms with Gasteiger partial charge < -0.3 is 20.5 Å². The van der Waals surface area contributed by atoms with Crippen molar-refractivity contribution in [2.45, 2.75) is 50.0 Å². The molecular weight excluding hydrogens is 382 g/mol. The minimum absolute atomic E-state index is 0.0601. The molecular formula is C22H27N5O3. The van der Waals surface area contributed by atoms with Crippen molar-refractivity contribution in [1.29, 1.82) is 0 Å². The van der Waals surface area contributed by atoms with Crippen molar-refractivity contribution in [3.63, 3.8) is 0 Å². The number of aliphatic hydroxyl groups excluding tert-OH is 1. The lowest BCUT2D eigenvalue weighted by molar-refractivity contribution is 0.0209. The molecule has 8 heteroatoms. The number of hydrogen-bond acceptors (Lipinski definition) is 7. The predicted molar refractivity (Wildman–Crippen MR) is 111 cm³/mol. The van der Waals surface area contributed by atoms with Crippen LogP contribution in [-0.4, -0.2) is 69.9 Å². The van der Waals surface area contributed by atoms with Gasteiger partial charge in [0.1, 0.15) is 17.8 Å². The Labute approximate surface area is 175 Å². The van der Waals surface area contributed by atoms with Gasteiger partial charge in [0.25, 0.3) is 5.91 Å². The number of nitrogens with zero attached hydrogens (tertiary/aromatic N) is 3. The summed E-state index contributed by atoms with van der Waals surface area (Å²) in [6.07, 6.45) is 3.25. The van der Waals surface area contributed by atoms with Crippen LogP contribution in [0, 0.1) is 0 Å². The Morgan fingerprint density at radius 3 is 2.77 bits per heavy atom. The van der Waals surface area contributed by atoms with Crippen molar-refractivity contribution in [2.75, 3.05) is 25.1 Å². The molecule has 158 valence electrons. The highest BCUT2D eigenvalue weighted by Gasteiger charge is 2.38. The van der Waals surface area contributed by atoms with Crippen molar-refractivity contribution in [1.82, 2.24) is 20.2 Å². The molecule has 1 saturated heterocycles. The molecule has 0 radical (unpaired) electrons. The highest BCUT2D eigenvalue weighted by molar-refractivity contribution is 5.93. The number of rotatable bonds is 5. The smallest absolute Gasteiger partial charge is 0.270 e. The van der Waals surface area contributed by atoms with Crippen molar-refractivity contribution >= 4 is 11.7 Å². The molecule has 3 atom stereocenters. The van der Waals surface area contributed by atoms with Gasteiger partial charge in [0, 0.05) is 31.2 Å². The maximum atomic E-state index is 12.7. The molecule has 30 heavy (non-hydrogen) atoms. The molecule has 3 heterocycles. The van der Waals surface area contributed by atoms with Gasteiger partial charge >= 0.3 is 0 Å². The Morgan fingerprint density at radius 1 is 1.13 bits per heavy atom. The lowest BCUT2D eigenvalue weighted by atomic mass is 9.98. The minimum atomic E-state index is -0.443. The fourth-order valence-electron chi connectivity index (χ4n) is 4.65. The molecule has 3 aliphatic rings. The fourth-order valence-corrected chi connectivity index (χ4v) is 4.65. The first-order valence-electron chi connectivity index (χ1n) is 10.6. The zero-order valence-corrected chi connectivity index (χ0v) is 16.8. The van der Waals surface area contributed by atoms with E-state index in [1.807, 2.05) is 0 Å². The Morgan fingerprint density at radius 2 is 1.97 bits per heavy atom. The molecule has 2 aromatic rings. The van der Waals surface area contributed by atoms with Crippen molar-refractivity contribution in [3.05, 3.63) is 53.5 Å². The highest BCUT2D eigenvalue weighted by Crippen LogP contribution is 2.29. The maximum Gasteiger partial charge on any atom is 0.270 e. The summed E-state index contributed by atoms with van der Waals surface area (Å²) in [5, 5.41) is 17.0. The summed E-state index contributed by atoms with van der Waals surface area (Å²) in [6, 6.07) is 10.4. The molecule has 1 amide bonds. The minimum Gasteiger partial charge on any atom is -0.391 e. The SMILES string of the molecule is O=C(N[C@H]1C[C@@H](O)[C@H](N2CCc3ccccc3C2)C1)c1cc(NC2COC2)ncn1. The Balaban J connectivity index is 1.19. The van der Waals surface area contributed by atoms with Gasteiger partial charge in [0.15, 0.2) is 0 Å². The average Bonchev–Trinajstić information content (AvgIpc) is 3.10. The Bertz CT molecular complexity index is 919. The van der Waals surface area contributed by atoms with Crippen LogP contribution in [0.1, 0.15) is 34.5 Å². The van der Waals surface area contributed by atoms with E-state index in [0.717, 1.165) is 25.9 Å². The summed E-state index contributed by atoms with van der Waals surface area (Å²) in [7, 11) is 0. The molecule has 2 aliphatic heterocycles. The second-order valence-electron chi connectivity index (χ2n) is 8.43. The number of carbonyl (C=O) groups is 1. The monoisotopic (exact) mass is 409 g/mol. The first kappa shape index (κ1) is 19.4. The van der Waals surface area contributed by atoms with Gasteiger partial charge in [-0.2, -0.15) is 0 Å². The van der Waals surface area contributed by atoms with Gasteiger partial charge in [-0.3, -0.25) is 9.69 Å². The Hall–Kier alpha value is -2.55. The van der Waals surface area contributed by atoms with Crippen LogP contribution in [-0.2, 0) is 17.7 Å². The molecule has 8 nitrogen and oxygen atoms in total. The van der Waals surface area contributed by atoms with Crippen molar-refractivity contribution < 1.29 is 14.6 Å². The number of amides is 1. The first-order valence-corrected chi connectivity index (χ1v) is 10.6. The summed E-state index contributed by atoms with van der Waals surface area (Å²) in [5.74, 6) is 0.395. The number of aliphatic hydroxyl groups is 1. The largest absolute Gasteiger partial charge is 0.391 e. The van der Waals surface area contributed by atoms with Crippen LogP contribution >= 0.6 is 0 Å². The summed E-state index contributed by atoms with van der Waals surface area (Å²) in [5.41, 5.74) is 3.06. The number of hydrogen-bond donors (Lipinski definition) is 3. The van der Waals surface area contributed by atoms with E-state index in [-0.39, 0.29) is 24.0 Å². The molecule has 0 spiro atoms. The zero-order valence-electron chi connectivity index (χ0n) is 16.8. The van der Waals surface area contributed by atoms with E-state index in [9.17, 15) is 9.90 Å². The van der Waals surface area contributed by atoms with Gasteiger partial charge in [-0.05, 0) is 30.4 Å². The number of aromatic nitrogens is 2.